The van der Waals surface area contributed by atoms with E-state index in [1.165, 1.54) is 11.3 Å². The first-order valence-corrected chi connectivity index (χ1v) is 7.42. The number of anilines is 1. The highest BCUT2D eigenvalue weighted by atomic mass is 32.1. The minimum atomic E-state index is -0.140. The second-order valence-corrected chi connectivity index (χ2v) is 5.82. The van der Waals surface area contributed by atoms with Crippen LogP contribution in [0.15, 0.2) is 12.4 Å². The maximum Gasteiger partial charge on any atom is 0.263 e. The molecule has 0 aliphatic carbocycles. The Morgan fingerprint density at radius 3 is 2.90 bits per heavy atom. The Balaban J connectivity index is 1.70. The van der Waals surface area contributed by atoms with Gasteiger partial charge in [-0.1, -0.05) is 0 Å². The summed E-state index contributed by atoms with van der Waals surface area (Å²) in [5.74, 6) is 0.346. The molecule has 2 aromatic rings. The number of fused-ring (bicyclic) bond motifs is 1. The van der Waals surface area contributed by atoms with Crippen molar-refractivity contribution in [3.05, 3.63) is 17.3 Å². The zero-order valence-corrected chi connectivity index (χ0v) is 11.8. The van der Waals surface area contributed by atoms with Gasteiger partial charge < -0.3 is 15.8 Å². The van der Waals surface area contributed by atoms with Gasteiger partial charge in [0.25, 0.3) is 5.91 Å². The number of nitrogens with zero attached hydrogens (tertiary/aromatic N) is 2. The lowest BCUT2D eigenvalue weighted by Crippen LogP contribution is -2.32. The first kappa shape index (κ1) is 13.3. The van der Waals surface area contributed by atoms with E-state index in [4.69, 9.17) is 10.5 Å². The fourth-order valence-electron chi connectivity index (χ4n) is 2.28. The predicted molar refractivity (Wildman–Crippen MR) is 77.7 cm³/mol. The Hall–Kier alpha value is -1.73. The third kappa shape index (κ3) is 2.59. The smallest absolute Gasteiger partial charge is 0.263 e. The number of thiophene rings is 1. The molecule has 0 radical (unpaired) electrons. The Bertz CT molecular complexity index is 622. The topological polar surface area (TPSA) is 90.1 Å². The van der Waals surface area contributed by atoms with Crippen LogP contribution in [0.3, 0.4) is 0 Å². The molecule has 0 unspecified atom stereocenters. The van der Waals surface area contributed by atoms with Crippen LogP contribution in [0.25, 0.3) is 10.3 Å². The molecule has 1 amide bonds. The Morgan fingerprint density at radius 1 is 1.40 bits per heavy atom. The van der Waals surface area contributed by atoms with Crippen LogP contribution in [0.4, 0.5) is 5.69 Å². The summed E-state index contributed by atoms with van der Waals surface area (Å²) in [5, 5.41) is 2.95. The van der Waals surface area contributed by atoms with Gasteiger partial charge in [0.2, 0.25) is 0 Å². The fraction of sp³-hybridized carbons (Fsp3) is 0.462. The Labute approximate surface area is 120 Å². The van der Waals surface area contributed by atoms with Gasteiger partial charge in [0.1, 0.15) is 15.2 Å². The van der Waals surface area contributed by atoms with Crippen molar-refractivity contribution in [1.29, 1.82) is 0 Å². The zero-order chi connectivity index (χ0) is 13.9. The van der Waals surface area contributed by atoms with Gasteiger partial charge in [0.05, 0.1) is 5.69 Å². The van der Waals surface area contributed by atoms with Crippen molar-refractivity contribution in [3.63, 3.8) is 0 Å². The zero-order valence-electron chi connectivity index (χ0n) is 11.0. The van der Waals surface area contributed by atoms with Crippen LogP contribution >= 0.6 is 11.3 Å². The molecule has 2 aromatic heterocycles. The second-order valence-electron chi connectivity index (χ2n) is 4.82. The van der Waals surface area contributed by atoms with E-state index in [0.717, 1.165) is 26.1 Å². The van der Waals surface area contributed by atoms with Gasteiger partial charge in [-0.05, 0) is 18.8 Å². The molecule has 1 aliphatic rings. The number of hydrogen-bond acceptors (Lipinski definition) is 6. The highest BCUT2D eigenvalue weighted by Gasteiger charge is 2.20. The van der Waals surface area contributed by atoms with E-state index in [9.17, 15) is 4.79 Å². The van der Waals surface area contributed by atoms with Crippen molar-refractivity contribution in [3.8, 4) is 0 Å². The largest absolute Gasteiger partial charge is 0.396 e. The van der Waals surface area contributed by atoms with Crippen molar-refractivity contribution >= 4 is 33.3 Å². The molecule has 0 spiro atoms. The van der Waals surface area contributed by atoms with Crippen LogP contribution in [0.5, 0.6) is 0 Å². The summed E-state index contributed by atoms with van der Waals surface area (Å²) < 4.78 is 5.30. The molecule has 1 aliphatic heterocycles. The fourth-order valence-corrected chi connectivity index (χ4v) is 3.22. The third-order valence-electron chi connectivity index (χ3n) is 3.46. The van der Waals surface area contributed by atoms with Crippen molar-refractivity contribution in [2.75, 3.05) is 25.5 Å². The van der Waals surface area contributed by atoms with Crippen LogP contribution in [0.1, 0.15) is 22.5 Å². The molecule has 0 aromatic carbocycles. The van der Waals surface area contributed by atoms with Crippen LogP contribution < -0.4 is 11.1 Å². The number of carbonyl (C=O) groups excluding carboxylic acids is 1. The first-order chi connectivity index (χ1) is 9.75. The summed E-state index contributed by atoms with van der Waals surface area (Å²) in [5.41, 5.74) is 7.00. The van der Waals surface area contributed by atoms with Crippen LogP contribution in [0.2, 0.25) is 0 Å². The highest BCUT2D eigenvalue weighted by Crippen LogP contribution is 2.30. The molecule has 3 N–H and O–H groups in total. The number of rotatable bonds is 3. The second kappa shape index (κ2) is 5.72. The maximum atomic E-state index is 12.2. The molecular weight excluding hydrogens is 276 g/mol. The maximum absolute atomic E-state index is 12.2. The summed E-state index contributed by atoms with van der Waals surface area (Å²) in [7, 11) is 0. The highest BCUT2D eigenvalue weighted by molar-refractivity contribution is 7.21. The van der Waals surface area contributed by atoms with E-state index < -0.39 is 0 Å². The number of amides is 1. The molecule has 3 heterocycles. The van der Waals surface area contributed by atoms with Gasteiger partial charge in [0, 0.05) is 32.2 Å². The summed E-state index contributed by atoms with van der Waals surface area (Å²) in [6.07, 6.45) is 5.16. The molecule has 106 valence electrons. The lowest BCUT2D eigenvalue weighted by molar-refractivity contribution is 0.0643. The lowest BCUT2D eigenvalue weighted by Gasteiger charge is -2.22. The predicted octanol–water partition coefficient (Wildman–Crippen LogP) is 1.43. The van der Waals surface area contributed by atoms with Gasteiger partial charge in [-0.2, -0.15) is 0 Å². The monoisotopic (exact) mass is 292 g/mol. The molecule has 6 nitrogen and oxygen atoms in total. The van der Waals surface area contributed by atoms with Gasteiger partial charge in [0.15, 0.2) is 0 Å². The molecule has 0 bridgehead atoms. The van der Waals surface area contributed by atoms with Crippen molar-refractivity contribution in [2.24, 2.45) is 5.92 Å². The molecule has 1 fully saturated rings. The minimum Gasteiger partial charge on any atom is -0.396 e. The Morgan fingerprint density at radius 2 is 2.15 bits per heavy atom. The van der Waals surface area contributed by atoms with Gasteiger partial charge >= 0.3 is 0 Å². The Kier molecular flexibility index (Phi) is 3.79. The first-order valence-electron chi connectivity index (χ1n) is 6.60. The summed E-state index contributed by atoms with van der Waals surface area (Å²) >= 11 is 1.28. The van der Waals surface area contributed by atoms with Crippen LogP contribution in [-0.2, 0) is 4.74 Å². The number of nitrogen functional groups attached to an aromatic ring is 1. The minimum absolute atomic E-state index is 0.140. The number of hydrogen-bond donors (Lipinski definition) is 2. The SMILES string of the molecule is Nc1c(C(=O)NCC2CCOCC2)sc2nccnc12. The van der Waals surface area contributed by atoms with Crippen LogP contribution in [-0.4, -0.2) is 35.6 Å². The third-order valence-corrected chi connectivity index (χ3v) is 4.56. The van der Waals surface area contributed by atoms with Gasteiger partial charge in [-0.3, -0.25) is 4.79 Å². The van der Waals surface area contributed by atoms with Crippen molar-refractivity contribution < 1.29 is 9.53 Å². The molecule has 0 atom stereocenters. The molecule has 0 saturated carbocycles. The van der Waals surface area contributed by atoms with E-state index in [1.54, 1.807) is 12.4 Å². The molecule has 7 heteroatoms. The summed E-state index contributed by atoms with van der Waals surface area (Å²) in [6.45, 7) is 2.22. The molecule has 1 saturated heterocycles. The lowest BCUT2D eigenvalue weighted by atomic mass is 10.0. The van der Waals surface area contributed by atoms with Crippen LogP contribution in [0, 0.1) is 5.92 Å². The quantitative estimate of drug-likeness (QED) is 0.893. The van der Waals surface area contributed by atoms with Gasteiger partial charge in [-0.15, -0.1) is 11.3 Å². The van der Waals surface area contributed by atoms with E-state index in [1.807, 2.05) is 0 Å². The van der Waals surface area contributed by atoms with E-state index in [2.05, 4.69) is 15.3 Å². The van der Waals surface area contributed by atoms with Crippen molar-refractivity contribution in [1.82, 2.24) is 15.3 Å². The molecular formula is C13H16N4O2S. The average Bonchev–Trinajstić information content (AvgIpc) is 2.84. The summed E-state index contributed by atoms with van der Waals surface area (Å²) in [4.78, 5) is 21.7. The number of ether oxygens (including phenoxy) is 1. The molecule has 3 rings (SSSR count). The normalized spacial score (nSPS) is 16.4. The van der Waals surface area contributed by atoms with E-state index >= 15 is 0 Å². The summed E-state index contributed by atoms with van der Waals surface area (Å²) in [6, 6.07) is 0. The molecule has 20 heavy (non-hydrogen) atoms. The van der Waals surface area contributed by atoms with E-state index in [-0.39, 0.29) is 5.91 Å². The number of aromatic nitrogens is 2. The number of carbonyl (C=O) groups is 1. The number of nitrogens with two attached hydrogens (primary N) is 1. The van der Waals surface area contributed by atoms with Gasteiger partial charge in [-0.25, -0.2) is 9.97 Å². The van der Waals surface area contributed by atoms with E-state index in [0.29, 0.717) is 33.4 Å². The average molecular weight is 292 g/mol. The number of nitrogens with one attached hydrogen (secondary N) is 1. The standard InChI is InChI=1S/C13H16N4O2S/c14-9-10-13(16-4-3-15-10)20-11(9)12(18)17-7-8-1-5-19-6-2-8/h3-4,8H,1-2,5-7,14H2,(H,17,18). The van der Waals surface area contributed by atoms with Crippen molar-refractivity contribution in [2.45, 2.75) is 12.8 Å².